The van der Waals surface area contributed by atoms with Crippen molar-refractivity contribution in [3.8, 4) is 5.75 Å². The monoisotopic (exact) mass is 344 g/mol. The van der Waals surface area contributed by atoms with Crippen LogP contribution in [0.15, 0.2) is 53.6 Å². The molecule has 1 amide bonds. The number of aryl methyl sites for hydroxylation is 1. The molecule has 0 saturated heterocycles. The van der Waals surface area contributed by atoms with Crippen LogP contribution >= 0.6 is 11.6 Å². The van der Waals surface area contributed by atoms with Crippen LogP contribution in [0.25, 0.3) is 0 Å². The van der Waals surface area contributed by atoms with E-state index in [1.54, 1.807) is 18.2 Å². The van der Waals surface area contributed by atoms with Gasteiger partial charge in [0, 0.05) is 5.02 Å². The predicted molar refractivity (Wildman–Crippen MR) is 97.6 cm³/mol. The molecule has 1 N–H and O–H groups in total. The summed E-state index contributed by atoms with van der Waals surface area (Å²) in [5.41, 5.74) is 5.27. The number of carbonyl (C=O) groups is 1. The zero-order valence-corrected chi connectivity index (χ0v) is 14.8. The first-order valence-electron chi connectivity index (χ1n) is 7.78. The molecular formula is C19H21ClN2O2. The molecule has 0 aliphatic heterocycles. The maximum absolute atomic E-state index is 12.0. The van der Waals surface area contributed by atoms with Crippen LogP contribution in [0.5, 0.6) is 5.75 Å². The van der Waals surface area contributed by atoms with Gasteiger partial charge in [0.1, 0.15) is 5.75 Å². The van der Waals surface area contributed by atoms with E-state index < -0.39 is 0 Å². The fourth-order valence-corrected chi connectivity index (χ4v) is 2.26. The molecule has 0 unspecified atom stereocenters. The van der Waals surface area contributed by atoms with Gasteiger partial charge in [-0.05, 0) is 42.2 Å². The van der Waals surface area contributed by atoms with Gasteiger partial charge in [-0.3, -0.25) is 4.79 Å². The van der Waals surface area contributed by atoms with Gasteiger partial charge in [-0.25, -0.2) is 5.43 Å². The van der Waals surface area contributed by atoms with E-state index in [4.69, 9.17) is 16.3 Å². The standard InChI is InChI=1S/C19H21ClN2O2/c1-13(2)19(15-7-5-4-6-8-15)22-21-18(23)12-24-16-9-10-17(20)14(3)11-16/h4-11,13H,12H2,1-3H3,(H,21,23)/b22-19+. The maximum atomic E-state index is 12.0. The van der Waals surface area contributed by atoms with Gasteiger partial charge >= 0.3 is 0 Å². The molecule has 2 rings (SSSR count). The van der Waals surface area contributed by atoms with Crippen LogP contribution in [0.4, 0.5) is 0 Å². The van der Waals surface area contributed by atoms with Gasteiger partial charge in [0.05, 0.1) is 5.71 Å². The summed E-state index contributed by atoms with van der Waals surface area (Å²) >= 11 is 5.96. The Balaban J connectivity index is 1.96. The molecule has 0 saturated carbocycles. The Morgan fingerprint density at radius 2 is 1.92 bits per heavy atom. The van der Waals surface area contributed by atoms with E-state index in [9.17, 15) is 4.79 Å². The van der Waals surface area contributed by atoms with Gasteiger partial charge < -0.3 is 4.74 Å². The Bertz CT molecular complexity index is 727. The molecule has 0 spiro atoms. The van der Waals surface area contributed by atoms with Crippen molar-refractivity contribution in [3.05, 3.63) is 64.7 Å². The van der Waals surface area contributed by atoms with E-state index >= 15 is 0 Å². The van der Waals surface area contributed by atoms with Crippen molar-refractivity contribution in [2.24, 2.45) is 11.0 Å². The Hall–Kier alpha value is -2.33. The summed E-state index contributed by atoms with van der Waals surface area (Å²) in [4.78, 5) is 12.0. The van der Waals surface area contributed by atoms with E-state index in [0.29, 0.717) is 10.8 Å². The molecule has 2 aromatic carbocycles. The van der Waals surface area contributed by atoms with Gasteiger partial charge in [-0.15, -0.1) is 0 Å². The molecule has 0 radical (unpaired) electrons. The van der Waals surface area contributed by atoms with Crippen LogP contribution in [0, 0.1) is 12.8 Å². The molecule has 0 heterocycles. The zero-order valence-electron chi connectivity index (χ0n) is 14.0. The lowest BCUT2D eigenvalue weighted by atomic mass is 10.0. The first kappa shape index (κ1) is 18.0. The van der Waals surface area contributed by atoms with Crippen molar-refractivity contribution >= 4 is 23.2 Å². The smallest absolute Gasteiger partial charge is 0.277 e. The molecule has 24 heavy (non-hydrogen) atoms. The number of hydrogen-bond acceptors (Lipinski definition) is 3. The third-order valence-corrected chi connectivity index (χ3v) is 3.84. The topological polar surface area (TPSA) is 50.7 Å². The van der Waals surface area contributed by atoms with Gasteiger partial charge in [0.2, 0.25) is 0 Å². The Labute approximate surface area is 147 Å². The van der Waals surface area contributed by atoms with Crippen LogP contribution in [-0.4, -0.2) is 18.2 Å². The van der Waals surface area contributed by atoms with Crippen molar-refractivity contribution in [2.45, 2.75) is 20.8 Å². The summed E-state index contributed by atoms with van der Waals surface area (Å²) in [6.45, 7) is 5.84. The lowest BCUT2D eigenvalue weighted by molar-refractivity contribution is -0.123. The van der Waals surface area contributed by atoms with Crippen LogP contribution in [0.1, 0.15) is 25.0 Å². The van der Waals surface area contributed by atoms with Crippen LogP contribution in [0.3, 0.4) is 0 Å². The highest BCUT2D eigenvalue weighted by atomic mass is 35.5. The Morgan fingerprint density at radius 1 is 1.21 bits per heavy atom. The lowest BCUT2D eigenvalue weighted by Gasteiger charge is -2.11. The number of hydrogen-bond donors (Lipinski definition) is 1. The average molecular weight is 345 g/mol. The minimum absolute atomic E-state index is 0.106. The second-order valence-corrected chi connectivity index (χ2v) is 6.16. The number of amides is 1. The SMILES string of the molecule is Cc1cc(OCC(=O)N/N=C(/c2ccccc2)C(C)C)ccc1Cl. The predicted octanol–water partition coefficient (Wildman–Crippen LogP) is 4.20. The van der Waals surface area contributed by atoms with Crippen molar-refractivity contribution in [1.82, 2.24) is 5.43 Å². The molecule has 0 fully saturated rings. The number of rotatable bonds is 6. The van der Waals surface area contributed by atoms with Gasteiger partial charge in [-0.1, -0.05) is 55.8 Å². The van der Waals surface area contributed by atoms with Gasteiger partial charge in [0.15, 0.2) is 6.61 Å². The maximum Gasteiger partial charge on any atom is 0.277 e. The van der Waals surface area contributed by atoms with E-state index in [0.717, 1.165) is 16.8 Å². The molecule has 0 aliphatic carbocycles. The van der Waals surface area contributed by atoms with Gasteiger partial charge in [-0.2, -0.15) is 5.10 Å². The molecular weight excluding hydrogens is 324 g/mol. The highest BCUT2D eigenvalue weighted by Gasteiger charge is 2.10. The zero-order chi connectivity index (χ0) is 17.5. The van der Waals surface area contributed by atoms with E-state index in [-0.39, 0.29) is 18.4 Å². The number of halogens is 1. The minimum atomic E-state index is -0.309. The van der Waals surface area contributed by atoms with Crippen molar-refractivity contribution < 1.29 is 9.53 Å². The summed E-state index contributed by atoms with van der Waals surface area (Å²) in [5.74, 6) is 0.479. The normalized spacial score (nSPS) is 11.5. The first-order chi connectivity index (χ1) is 11.5. The Morgan fingerprint density at radius 3 is 2.54 bits per heavy atom. The average Bonchev–Trinajstić information content (AvgIpc) is 2.57. The number of benzene rings is 2. The first-order valence-corrected chi connectivity index (χ1v) is 8.16. The van der Waals surface area contributed by atoms with Crippen LogP contribution in [-0.2, 0) is 4.79 Å². The third kappa shape index (κ3) is 5.10. The largest absolute Gasteiger partial charge is 0.484 e. The molecule has 0 bridgehead atoms. The van der Waals surface area contributed by atoms with Crippen molar-refractivity contribution in [1.29, 1.82) is 0 Å². The fourth-order valence-electron chi connectivity index (χ4n) is 2.15. The Kier molecular flexibility index (Phi) is 6.38. The number of ether oxygens (including phenoxy) is 1. The van der Waals surface area contributed by atoms with Crippen LogP contribution in [0.2, 0.25) is 5.02 Å². The van der Waals surface area contributed by atoms with E-state index in [1.807, 2.05) is 51.1 Å². The van der Waals surface area contributed by atoms with E-state index in [2.05, 4.69) is 10.5 Å². The number of carbonyl (C=O) groups excluding carboxylic acids is 1. The second kappa shape index (κ2) is 8.50. The van der Waals surface area contributed by atoms with Crippen LogP contribution < -0.4 is 10.2 Å². The number of hydrazone groups is 1. The summed E-state index contributed by atoms with van der Waals surface area (Å²) < 4.78 is 5.46. The highest BCUT2D eigenvalue weighted by Crippen LogP contribution is 2.20. The van der Waals surface area contributed by atoms with E-state index in [1.165, 1.54) is 0 Å². The fraction of sp³-hybridized carbons (Fsp3) is 0.263. The van der Waals surface area contributed by atoms with Crippen molar-refractivity contribution in [2.75, 3.05) is 6.61 Å². The molecule has 0 atom stereocenters. The number of nitrogens with zero attached hydrogens (tertiary/aromatic N) is 1. The summed E-state index contributed by atoms with van der Waals surface area (Å²) in [7, 11) is 0. The lowest BCUT2D eigenvalue weighted by Crippen LogP contribution is -2.27. The minimum Gasteiger partial charge on any atom is -0.484 e. The molecule has 126 valence electrons. The number of nitrogens with one attached hydrogen (secondary N) is 1. The van der Waals surface area contributed by atoms with Crippen molar-refractivity contribution in [3.63, 3.8) is 0 Å². The third-order valence-electron chi connectivity index (χ3n) is 3.42. The summed E-state index contributed by atoms with van der Waals surface area (Å²) in [6.07, 6.45) is 0. The molecule has 2 aromatic rings. The molecule has 0 aromatic heterocycles. The summed E-state index contributed by atoms with van der Waals surface area (Å²) in [5, 5.41) is 4.92. The molecule has 5 heteroatoms. The molecule has 4 nitrogen and oxygen atoms in total. The quantitative estimate of drug-likeness (QED) is 0.630. The second-order valence-electron chi connectivity index (χ2n) is 5.75. The highest BCUT2D eigenvalue weighted by molar-refractivity contribution is 6.31. The molecule has 0 aliphatic rings. The van der Waals surface area contributed by atoms with Gasteiger partial charge in [0.25, 0.3) is 5.91 Å². The summed E-state index contributed by atoms with van der Waals surface area (Å²) in [6, 6.07) is 15.0.